The summed E-state index contributed by atoms with van der Waals surface area (Å²) in [6.07, 6.45) is 2.08. The third kappa shape index (κ3) is 6.18. The molecule has 0 aromatic heterocycles. The number of aryl methyl sites for hydroxylation is 1. The van der Waals surface area contributed by atoms with Gasteiger partial charge in [0.15, 0.2) is 0 Å². The Morgan fingerprint density at radius 3 is 2.57 bits per heavy atom. The number of nitro benzene ring substituents is 1. The molecule has 2 rings (SSSR count). The molecule has 120 valence electrons. The average molecular weight is 336 g/mol. The molecule has 1 N–H and O–H groups in total. The monoisotopic (exact) mass is 335 g/mol. The molecule has 0 radical (unpaired) electrons. The molecule has 1 aliphatic rings. The Morgan fingerprint density at radius 2 is 2.00 bits per heavy atom. The molecule has 1 aliphatic heterocycles. The van der Waals surface area contributed by atoms with E-state index < -0.39 is 0 Å². The van der Waals surface area contributed by atoms with E-state index >= 15 is 0 Å². The highest BCUT2D eigenvalue weighted by Crippen LogP contribution is 2.13. The Bertz CT molecular complexity index is 429. The topological polar surface area (TPSA) is 58.4 Å². The average Bonchev–Trinajstić information content (AvgIpc) is 2.41. The lowest BCUT2D eigenvalue weighted by Gasteiger charge is -2.33. The number of rotatable bonds is 5. The minimum atomic E-state index is -0.355. The van der Waals surface area contributed by atoms with E-state index in [2.05, 4.69) is 17.1 Å². The quantitative estimate of drug-likeness (QED) is 0.663. The first-order valence-corrected chi connectivity index (χ1v) is 6.85. The van der Waals surface area contributed by atoms with Crippen LogP contribution in [0.1, 0.15) is 18.9 Å². The molecule has 1 aromatic carbocycles. The molecule has 0 bridgehead atoms. The number of hydrogen-bond acceptors (Lipinski definition) is 4. The Kier molecular flexibility index (Phi) is 9.53. The van der Waals surface area contributed by atoms with Crippen molar-refractivity contribution in [2.24, 2.45) is 0 Å². The summed E-state index contributed by atoms with van der Waals surface area (Å²) in [6, 6.07) is 7.50. The molecule has 1 atom stereocenters. The maximum atomic E-state index is 10.6. The van der Waals surface area contributed by atoms with E-state index in [1.165, 1.54) is 5.56 Å². The van der Waals surface area contributed by atoms with Crippen molar-refractivity contribution < 1.29 is 4.92 Å². The van der Waals surface area contributed by atoms with Gasteiger partial charge in [0, 0.05) is 37.8 Å². The molecule has 0 spiro atoms. The first kappa shape index (κ1) is 20.1. The smallest absolute Gasteiger partial charge is 0.269 e. The number of non-ortho nitro benzene ring substituents is 1. The second-order valence-electron chi connectivity index (χ2n) is 5.12. The third-order valence-corrected chi connectivity index (χ3v) is 3.70. The second kappa shape index (κ2) is 9.95. The molecule has 1 fully saturated rings. The highest BCUT2D eigenvalue weighted by molar-refractivity contribution is 5.85. The van der Waals surface area contributed by atoms with Crippen LogP contribution in [-0.4, -0.2) is 42.0 Å². The normalized spacial score (nSPS) is 18.4. The van der Waals surface area contributed by atoms with E-state index in [0.29, 0.717) is 6.04 Å². The van der Waals surface area contributed by atoms with Gasteiger partial charge in [-0.3, -0.25) is 15.0 Å². The molecule has 0 amide bonds. The summed E-state index contributed by atoms with van der Waals surface area (Å²) in [5.74, 6) is 0. The zero-order valence-electron chi connectivity index (χ0n) is 12.2. The number of piperazine rings is 1. The molecule has 7 heteroatoms. The van der Waals surface area contributed by atoms with Crippen LogP contribution in [0.4, 0.5) is 5.69 Å². The summed E-state index contributed by atoms with van der Waals surface area (Å²) in [5, 5.41) is 13.9. The molecule has 0 aliphatic carbocycles. The van der Waals surface area contributed by atoms with E-state index in [9.17, 15) is 10.1 Å². The van der Waals surface area contributed by atoms with Gasteiger partial charge in [-0.1, -0.05) is 12.1 Å². The largest absolute Gasteiger partial charge is 0.314 e. The Morgan fingerprint density at radius 1 is 1.33 bits per heavy atom. The third-order valence-electron chi connectivity index (χ3n) is 3.70. The van der Waals surface area contributed by atoms with Crippen molar-refractivity contribution in [3.05, 3.63) is 39.9 Å². The van der Waals surface area contributed by atoms with Crippen molar-refractivity contribution in [1.29, 1.82) is 0 Å². The predicted molar refractivity (Wildman–Crippen MR) is 89.8 cm³/mol. The first-order chi connectivity index (χ1) is 9.16. The van der Waals surface area contributed by atoms with Gasteiger partial charge in [-0.2, -0.15) is 0 Å². The summed E-state index contributed by atoms with van der Waals surface area (Å²) in [5.41, 5.74) is 1.34. The summed E-state index contributed by atoms with van der Waals surface area (Å²) < 4.78 is 0. The van der Waals surface area contributed by atoms with Gasteiger partial charge >= 0.3 is 0 Å². The van der Waals surface area contributed by atoms with Crippen LogP contribution in [0, 0.1) is 10.1 Å². The lowest BCUT2D eigenvalue weighted by Crippen LogP contribution is -2.49. The van der Waals surface area contributed by atoms with E-state index in [1.807, 2.05) is 12.1 Å². The molecular weight excluding hydrogens is 313 g/mol. The van der Waals surface area contributed by atoms with Gasteiger partial charge in [-0.05, 0) is 31.9 Å². The van der Waals surface area contributed by atoms with Crippen LogP contribution < -0.4 is 5.32 Å². The Labute approximate surface area is 138 Å². The molecule has 1 heterocycles. The van der Waals surface area contributed by atoms with Crippen LogP contribution >= 0.6 is 24.8 Å². The van der Waals surface area contributed by atoms with Crippen LogP contribution in [0.3, 0.4) is 0 Å². The molecular formula is C14H23Cl2N3O2. The van der Waals surface area contributed by atoms with E-state index in [4.69, 9.17) is 0 Å². The molecule has 1 aromatic rings. The van der Waals surface area contributed by atoms with Crippen molar-refractivity contribution in [3.63, 3.8) is 0 Å². The lowest BCUT2D eigenvalue weighted by atomic mass is 10.1. The standard InChI is InChI=1S/C14H21N3O2.2ClH/c1-12-11-15-8-10-16(12)9-2-3-13-4-6-14(7-5-13)17(18)19;;/h4-7,12,15H,2-3,8-11H2,1H3;2*1H/t12-;;/m0../s1. The number of nitrogens with zero attached hydrogens (tertiary/aromatic N) is 2. The zero-order chi connectivity index (χ0) is 13.7. The van der Waals surface area contributed by atoms with Gasteiger partial charge in [0.1, 0.15) is 0 Å². The summed E-state index contributed by atoms with van der Waals surface area (Å²) in [6.45, 7) is 6.60. The van der Waals surface area contributed by atoms with Gasteiger partial charge in [0.2, 0.25) is 0 Å². The van der Waals surface area contributed by atoms with Crippen LogP contribution in [0.2, 0.25) is 0 Å². The Balaban J connectivity index is 0.00000200. The van der Waals surface area contributed by atoms with Crippen molar-refractivity contribution >= 4 is 30.5 Å². The lowest BCUT2D eigenvalue weighted by molar-refractivity contribution is -0.384. The van der Waals surface area contributed by atoms with Crippen molar-refractivity contribution in [1.82, 2.24) is 10.2 Å². The first-order valence-electron chi connectivity index (χ1n) is 6.85. The van der Waals surface area contributed by atoms with E-state index in [1.54, 1.807) is 12.1 Å². The van der Waals surface area contributed by atoms with Crippen molar-refractivity contribution in [2.45, 2.75) is 25.8 Å². The van der Waals surface area contributed by atoms with Crippen molar-refractivity contribution in [3.8, 4) is 0 Å². The maximum Gasteiger partial charge on any atom is 0.269 e. The maximum absolute atomic E-state index is 10.6. The summed E-state index contributed by atoms with van der Waals surface area (Å²) in [7, 11) is 0. The number of halogens is 2. The SMILES string of the molecule is C[C@H]1CNCCN1CCCc1ccc([N+](=O)[O-])cc1.Cl.Cl. The minimum Gasteiger partial charge on any atom is -0.314 e. The van der Waals surface area contributed by atoms with Gasteiger partial charge < -0.3 is 5.32 Å². The minimum absolute atomic E-state index is 0. The van der Waals surface area contributed by atoms with Gasteiger partial charge in [0.05, 0.1) is 4.92 Å². The van der Waals surface area contributed by atoms with Crippen LogP contribution in [-0.2, 0) is 6.42 Å². The fraction of sp³-hybridized carbons (Fsp3) is 0.571. The zero-order valence-corrected chi connectivity index (χ0v) is 13.8. The summed E-state index contributed by atoms with van der Waals surface area (Å²) in [4.78, 5) is 12.7. The molecule has 1 saturated heterocycles. The van der Waals surface area contributed by atoms with E-state index in [-0.39, 0.29) is 35.4 Å². The highest BCUT2D eigenvalue weighted by Gasteiger charge is 2.16. The highest BCUT2D eigenvalue weighted by atomic mass is 35.5. The van der Waals surface area contributed by atoms with Gasteiger partial charge in [-0.15, -0.1) is 24.8 Å². The molecule has 21 heavy (non-hydrogen) atoms. The second-order valence-corrected chi connectivity index (χ2v) is 5.12. The van der Waals surface area contributed by atoms with Crippen LogP contribution in [0.15, 0.2) is 24.3 Å². The van der Waals surface area contributed by atoms with Crippen LogP contribution in [0.25, 0.3) is 0 Å². The number of benzene rings is 1. The molecule has 0 saturated carbocycles. The van der Waals surface area contributed by atoms with E-state index in [0.717, 1.165) is 39.0 Å². The number of nitro groups is 1. The summed E-state index contributed by atoms with van der Waals surface area (Å²) >= 11 is 0. The molecule has 0 unspecified atom stereocenters. The number of hydrogen-bond donors (Lipinski definition) is 1. The van der Waals surface area contributed by atoms with Gasteiger partial charge in [-0.25, -0.2) is 0 Å². The fourth-order valence-electron chi connectivity index (χ4n) is 2.49. The number of nitrogens with one attached hydrogen (secondary N) is 1. The predicted octanol–water partition coefficient (Wildman–Crippen LogP) is 2.66. The molecule has 5 nitrogen and oxygen atoms in total. The Hall–Kier alpha value is -0.880. The van der Waals surface area contributed by atoms with Gasteiger partial charge in [0.25, 0.3) is 5.69 Å². The van der Waals surface area contributed by atoms with Crippen LogP contribution in [0.5, 0.6) is 0 Å². The fourth-order valence-corrected chi connectivity index (χ4v) is 2.49. The van der Waals surface area contributed by atoms with Crippen molar-refractivity contribution in [2.75, 3.05) is 26.2 Å².